The molecule has 0 radical (unpaired) electrons. The van der Waals surface area contributed by atoms with E-state index in [4.69, 9.17) is 4.74 Å². The van der Waals surface area contributed by atoms with E-state index in [2.05, 4.69) is 9.62 Å². The number of hydrogen-bond acceptors (Lipinski definition) is 5. The number of amides is 1. The molecule has 2 aliphatic heterocycles. The number of sulfonamides is 1. The predicted molar refractivity (Wildman–Crippen MR) is 108 cm³/mol. The average Bonchev–Trinajstić information content (AvgIpc) is 2.72. The summed E-state index contributed by atoms with van der Waals surface area (Å²) in [5, 5.41) is 0. The van der Waals surface area contributed by atoms with Gasteiger partial charge in [0.05, 0.1) is 19.0 Å². The molecule has 7 nitrogen and oxygen atoms in total. The van der Waals surface area contributed by atoms with E-state index in [1.165, 1.54) is 0 Å². The third-order valence-corrected chi connectivity index (χ3v) is 6.73. The topological polar surface area (TPSA) is 79.0 Å². The normalized spacial score (nSPS) is 21.6. The number of ether oxygens (including phenoxy) is 1. The Balaban J connectivity index is 1.42. The molecule has 1 atom stereocenters. The molecule has 156 valence electrons. The van der Waals surface area contributed by atoms with Crippen molar-refractivity contribution in [1.29, 1.82) is 0 Å². The number of nitrogens with one attached hydrogen (secondary N) is 1. The lowest BCUT2D eigenvalue weighted by Crippen LogP contribution is -2.45. The van der Waals surface area contributed by atoms with Crippen molar-refractivity contribution in [2.75, 3.05) is 52.5 Å². The highest BCUT2D eigenvalue weighted by atomic mass is 32.2. The van der Waals surface area contributed by atoms with Gasteiger partial charge in [-0.3, -0.25) is 9.69 Å². The molecule has 28 heavy (non-hydrogen) atoms. The Kier molecular flexibility index (Phi) is 7.84. The van der Waals surface area contributed by atoms with Crippen LogP contribution in [-0.2, 0) is 25.3 Å². The molecule has 2 heterocycles. The van der Waals surface area contributed by atoms with Crippen LogP contribution in [0.3, 0.4) is 0 Å². The SMILES string of the molecule is O=C(CCN1CCOCC1)N1CCC[C@@H](CNS(=O)(=O)Cc2ccccc2)C1. The summed E-state index contributed by atoms with van der Waals surface area (Å²) in [7, 11) is -3.37. The molecule has 1 aromatic rings. The van der Waals surface area contributed by atoms with Crippen LogP contribution in [0.25, 0.3) is 0 Å². The van der Waals surface area contributed by atoms with E-state index in [9.17, 15) is 13.2 Å². The molecule has 0 aromatic heterocycles. The van der Waals surface area contributed by atoms with Crippen LogP contribution in [0.4, 0.5) is 0 Å². The van der Waals surface area contributed by atoms with E-state index >= 15 is 0 Å². The number of benzene rings is 1. The summed E-state index contributed by atoms with van der Waals surface area (Å²) in [6.07, 6.45) is 2.39. The van der Waals surface area contributed by atoms with Crippen LogP contribution in [-0.4, -0.2) is 76.6 Å². The number of carbonyl (C=O) groups is 1. The van der Waals surface area contributed by atoms with Gasteiger partial charge in [-0.2, -0.15) is 0 Å². The Labute approximate surface area is 168 Å². The second-order valence-corrected chi connectivity index (χ2v) is 9.45. The Morgan fingerprint density at radius 2 is 1.89 bits per heavy atom. The molecule has 2 fully saturated rings. The molecule has 1 N–H and O–H groups in total. The smallest absolute Gasteiger partial charge is 0.223 e. The zero-order chi connectivity index (χ0) is 19.8. The highest BCUT2D eigenvalue weighted by Crippen LogP contribution is 2.17. The van der Waals surface area contributed by atoms with Crippen LogP contribution < -0.4 is 4.72 Å². The number of morpholine rings is 1. The van der Waals surface area contributed by atoms with Crippen LogP contribution in [0, 0.1) is 5.92 Å². The fourth-order valence-electron chi connectivity index (χ4n) is 3.78. The predicted octanol–water partition coefficient (Wildman–Crippen LogP) is 1.07. The average molecular weight is 410 g/mol. The van der Waals surface area contributed by atoms with Gasteiger partial charge in [0.15, 0.2) is 0 Å². The van der Waals surface area contributed by atoms with Crippen molar-refractivity contribution in [1.82, 2.24) is 14.5 Å². The van der Waals surface area contributed by atoms with Crippen molar-refractivity contribution in [3.8, 4) is 0 Å². The highest BCUT2D eigenvalue weighted by Gasteiger charge is 2.25. The van der Waals surface area contributed by atoms with Crippen LogP contribution in [0.1, 0.15) is 24.8 Å². The van der Waals surface area contributed by atoms with E-state index < -0.39 is 10.0 Å². The summed E-state index contributed by atoms with van der Waals surface area (Å²) in [4.78, 5) is 16.7. The molecule has 2 saturated heterocycles. The van der Waals surface area contributed by atoms with Crippen LogP contribution in [0.5, 0.6) is 0 Å². The van der Waals surface area contributed by atoms with Gasteiger partial charge in [-0.1, -0.05) is 30.3 Å². The molecular formula is C20H31N3O4S. The van der Waals surface area contributed by atoms with Crippen molar-refractivity contribution in [3.05, 3.63) is 35.9 Å². The quantitative estimate of drug-likeness (QED) is 0.695. The Hall–Kier alpha value is -1.48. The number of hydrogen-bond donors (Lipinski definition) is 1. The zero-order valence-electron chi connectivity index (χ0n) is 16.4. The number of rotatable bonds is 8. The minimum absolute atomic E-state index is 0.0112. The minimum atomic E-state index is -3.37. The first-order valence-electron chi connectivity index (χ1n) is 10.1. The fraction of sp³-hybridized carbons (Fsp3) is 0.650. The number of carbonyl (C=O) groups excluding carboxylic acids is 1. The van der Waals surface area contributed by atoms with E-state index in [1.807, 2.05) is 35.2 Å². The van der Waals surface area contributed by atoms with Crippen LogP contribution >= 0.6 is 0 Å². The minimum Gasteiger partial charge on any atom is -0.379 e. The molecule has 0 bridgehead atoms. The van der Waals surface area contributed by atoms with Gasteiger partial charge in [-0.15, -0.1) is 0 Å². The van der Waals surface area contributed by atoms with Crippen molar-refractivity contribution < 1.29 is 17.9 Å². The van der Waals surface area contributed by atoms with Crippen molar-refractivity contribution in [2.24, 2.45) is 5.92 Å². The van der Waals surface area contributed by atoms with E-state index in [0.717, 1.165) is 57.8 Å². The molecule has 1 aromatic carbocycles. The maximum absolute atomic E-state index is 12.6. The first-order chi connectivity index (χ1) is 13.5. The molecule has 0 aliphatic carbocycles. The first-order valence-corrected chi connectivity index (χ1v) is 11.8. The van der Waals surface area contributed by atoms with Gasteiger partial charge >= 0.3 is 0 Å². The molecule has 0 saturated carbocycles. The summed E-state index contributed by atoms with van der Waals surface area (Å²) >= 11 is 0. The summed E-state index contributed by atoms with van der Waals surface area (Å²) in [5.41, 5.74) is 0.776. The Morgan fingerprint density at radius 1 is 1.14 bits per heavy atom. The molecule has 0 unspecified atom stereocenters. The van der Waals surface area contributed by atoms with E-state index in [0.29, 0.717) is 19.5 Å². The maximum Gasteiger partial charge on any atom is 0.223 e. The van der Waals surface area contributed by atoms with Crippen molar-refractivity contribution in [2.45, 2.75) is 25.0 Å². The van der Waals surface area contributed by atoms with Gasteiger partial charge in [0.25, 0.3) is 0 Å². The van der Waals surface area contributed by atoms with Gasteiger partial charge in [-0.05, 0) is 24.3 Å². The molecule has 2 aliphatic rings. The molecule has 0 spiro atoms. The van der Waals surface area contributed by atoms with Crippen molar-refractivity contribution in [3.63, 3.8) is 0 Å². The van der Waals surface area contributed by atoms with Crippen LogP contribution in [0.2, 0.25) is 0 Å². The van der Waals surface area contributed by atoms with Gasteiger partial charge in [0, 0.05) is 45.7 Å². The Bertz CT molecular complexity index is 720. The lowest BCUT2D eigenvalue weighted by molar-refractivity contribution is -0.133. The summed E-state index contributed by atoms with van der Waals surface area (Å²) in [6.45, 7) is 5.82. The fourth-order valence-corrected chi connectivity index (χ4v) is 5.01. The van der Waals surface area contributed by atoms with Gasteiger partial charge < -0.3 is 9.64 Å². The molecular weight excluding hydrogens is 378 g/mol. The van der Waals surface area contributed by atoms with Crippen LogP contribution in [0.15, 0.2) is 30.3 Å². The summed E-state index contributed by atoms with van der Waals surface area (Å²) < 4.78 is 32.7. The van der Waals surface area contributed by atoms with E-state index in [-0.39, 0.29) is 17.6 Å². The standard InChI is InChI=1S/C20H31N3O4S/c24-20(8-10-22-11-13-27-14-12-22)23-9-4-7-19(16-23)15-21-28(25,26)17-18-5-2-1-3-6-18/h1-3,5-6,19,21H,4,7-17H2/t19-/m0/s1. The Morgan fingerprint density at radius 3 is 2.64 bits per heavy atom. The van der Waals surface area contributed by atoms with Crippen molar-refractivity contribution >= 4 is 15.9 Å². The zero-order valence-corrected chi connectivity index (χ0v) is 17.2. The number of piperidine rings is 1. The monoisotopic (exact) mass is 409 g/mol. The lowest BCUT2D eigenvalue weighted by atomic mass is 9.98. The summed E-state index contributed by atoms with van der Waals surface area (Å²) in [6, 6.07) is 9.18. The second kappa shape index (κ2) is 10.3. The number of nitrogens with zero attached hydrogens (tertiary/aromatic N) is 2. The lowest BCUT2D eigenvalue weighted by Gasteiger charge is -2.34. The second-order valence-electron chi connectivity index (χ2n) is 7.65. The highest BCUT2D eigenvalue weighted by molar-refractivity contribution is 7.88. The third-order valence-electron chi connectivity index (χ3n) is 5.41. The molecule has 1 amide bonds. The van der Waals surface area contributed by atoms with E-state index in [1.54, 1.807) is 0 Å². The third kappa shape index (κ3) is 6.84. The maximum atomic E-state index is 12.6. The van der Waals surface area contributed by atoms with Gasteiger partial charge in [0.2, 0.25) is 15.9 Å². The van der Waals surface area contributed by atoms with Gasteiger partial charge in [-0.25, -0.2) is 13.1 Å². The van der Waals surface area contributed by atoms with Gasteiger partial charge in [0.1, 0.15) is 0 Å². The first kappa shape index (κ1) is 21.2. The summed E-state index contributed by atoms with van der Waals surface area (Å²) in [5.74, 6) is 0.331. The molecule has 8 heteroatoms. The number of likely N-dealkylation sites (tertiary alicyclic amines) is 1. The largest absolute Gasteiger partial charge is 0.379 e. The molecule has 3 rings (SSSR count).